The van der Waals surface area contributed by atoms with Crippen LogP contribution in [0.4, 0.5) is 4.39 Å². The van der Waals surface area contributed by atoms with Gasteiger partial charge in [-0.1, -0.05) is 30.3 Å². The molecule has 0 unspecified atom stereocenters. The van der Waals surface area contributed by atoms with E-state index in [-0.39, 0.29) is 17.8 Å². The van der Waals surface area contributed by atoms with Crippen LogP contribution in [0.25, 0.3) is 10.9 Å². The number of benzene rings is 2. The highest BCUT2D eigenvalue weighted by Gasteiger charge is 2.13. The summed E-state index contributed by atoms with van der Waals surface area (Å²) < 4.78 is 13.6. The zero-order chi connectivity index (χ0) is 13.2. The number of halogens is 1. The highest BCUT2D eigenvalue weighted by molar-refractivity contribution is 6.00. The number of ketones is 1. The van der Waals surface area contributed by atoms with Crippen molar-refractivity contribution >= 4 is 16.7 Å². The summed E-state index contributed by atoms with van der Waals surface area (Å²) in [5.41, 5.74) is 2.02. The van der Waals surface area contributed by atoms with E-state index in [2.05, 4.69) is 4.98 Å². The van der Waals surface area contributed by atoms with Crippen molar-refractivity contribution in [3.05, 3.63) is 71.7 Å². The molecule has 3 aromatic rings. The van der Waals surface area contributed by atoms with Gasteiger partial charge in [-0.2, -0.15) is 0 Å². The number of Topliss-reactive ketones (excluding diaryl/α,β-unsaturated/α-hetero) is 1. The van der Waals surface area contributed by atoms with Gasteiger partial charge in [-0.05, 0) is 23.8 Å². The van der Waals surface area contributed by atoms with Crippen LogP contribution in [0, 0.1) is 5.82 Å². The first kappa shape index (κ1) is 11.7. The predicted octanol–water partition coefficient (Wildman–Crippen LogP) is 3.73. The molecule has 2 aromatic carbocycles. The van der Waals surface area contributed by atoms with Crippen LogP contribution < -0.4 is 0 Å². The number of H-pyrrole nitrogens is 1. The Morgan fingerprint density at radius 3 is 2.63 bits per heavy atom. The topological polar surface area (TPSA) is 32.9 Å². The van der Waals surface area contributed by atoms with Crippen LogP contribution in [0.5, 0.6) is 0 Å². The van der Waals surface area contributed by atoms with Crippen molar-refractivity contribution in [2.75, 3.05) is 0 Å². The first-order valence-electron chi connectivity index (χ1n) is 6.08. The average molecular weight is 253 g/mol. The molecule has 0 spiro atoms. The lowest BCUT2D eigenvalue weighted by molar-refractivity contribution is 0.0989. The number of fused-ring (bicyclic) bond motifs is 1. The molecule has 3 heteroatoms. The van der Waals surface area contributed by atoms with Crippen molar-refractivity contribution in [1.82, 2.24) is 4.98 Å². The Balaban J connectivity index is 1.94. The number of para-hydroxylation sites is 1. The van der Waals surface area contributed by atoms with E-state index in [9.17, 15) is 9.18 Å². The van der Waals surface area contributed by atoms with E-state index in [1.54, 1.807) is 12.1 Å². The average Bonchev–Trinajstić information content (AvgIpc) is 2.83. The van der Waals surface area contributed by atoms with Gasteiger partial charge in [-0.15, -0.1) is 0 Å². The normalized spacial score (nSPS) is 10.8. The first-order valence-corrected chi connectivity index (χ1v) is 6.08. The highest BCUT2D eigenvalue weighted by Crippen LogP contribution is 2.20. The first-order chi connectivity index (χ1) is 9.25. The molecule has 0 atom stereocenters. The fourth-order valence-electron chi connectivity index (χ4n) is 2.23. The van der Waals surface area contributed by atoms with Crippen molar-refractivity contribution in [3.63, 3.8) is 0 Å². The Labute approximate surface area is 109 Å². The van der Waals surface area contributed by atoms with Gasteiger partial charge in [-0.3, -0.25) is 4.79 Å². The van der Waals surface area contributed by atoms with E-state index in [0.29, 0.717) is 0 Å². The van der Waals surface area contributed by atoms with Gasteiger partial charge in [0.2, 0.25) is 0 Å². The number of hydrogen-bond acceptors (Lipinski definition) is 1. The Morgan fingerprint density at radius 1 is 1.05 bits per heavy atom. The van der Waals surface area contributed by atoms with Gasteiger partial charge in [0.1, 0.15) is 5.82 Å². The lowest BCUT2D eigenvalue weighted by atomic mass is 10.0. The second kappa shape index (κ2) is 4.69. The van der Waals surface area contributed by atoms with Crippen molar-refractivity contribution in [2.45, 2.75) is 6.42 Å². The summed E-state index contributed by atoms with van der Waals surface area (Å²) in [4.78, 5) is 15.2. The van der Waals surface area contributed by atoms with Crippen LogP contribution in [0.15, 0.2) is 54.7 Å². The molecule has 94 valence electrons. The summed E-state index contributed by atoms with van der Waals surface area (Å²) in [6.07, 6.45) is 2.01. The van der Waals surface area contributed by atoms with Crippen LogP contribution in [0.3, 0.4) is 0 Å². The number of carbonyl (C=O) groups excluding carboxylic acids is 1. The van der Waals surface area contributed by atoms with Crippen LogP contribution in [-0.4, -0.2) is 10.8 Å². The van der Waals surface area contributed by atoms with E-state index in [4.69, 9.17) is 0 Å². The number of aromatic amines is 1. The van der Waals surface area contributed by atoms with Crippen LogP contribution >= 0.6 is 0 Å². The molecule has 0 amide bonds. The van der Waals surface area contributed by atoms with E-state index in [0.717, 1.165) is 16.5 Å². The molecule has 0 aliphatic rings. The predicted molar refractivity (Wildman–Crippen MR) is 72.7 cm³/mol. The molecule has 0 aliphatic heterocycles. The van der Waals surface area contributed by atoms with E-state index in [1.807, 2.05) is 30.5 Å². The number of hydrogen-bond donors (Lipinski definition) is 1. The molecule has 0 saturated heterocycles. The zero-order valence-corrected chi connectivity index (χ0v) is 10.2. The van der Waals surface area contributed by atoms with Crippen LogP contribution in [0.2, 0.25) is 0 Å². The summed E-state index contributed by atoms with van der Waals surface area (Å²) in [5, 5.41) is 1.01. The van der Waals surface area contributed by atoms with Gasteiger partial charge >= 0.3 is 0 Å². The molecule has 0 fully saturated rings. The maximum Gasteiger partial charge on any atom is 0.170 e. The molecule has 1 aromatic heterocycles. The molecule has 1 heterocycles. The third-order valence-electron chi connectivity index (χ3n) is 3.20. The van der Waals surface area contributed by atoms with E-state index < -0.39 is 5.82 Å². The Morgan fingerprint density at radius 2 is 1.79 bits per heavy atom. The van der Waals surface area contributed by atoms with Crippen molar-refractivity contribution in [3.8, 4) is 0 Å². The largest absolute Gasteiger partial charge is 0.361 e. The van der Waals surface area contributed by atoms with Crippen molar-refractivity contribution in [1.29, 1.82) is 0 Å². The molecule has 0 aliphatic carbocycles. The van der Waals surface area contributed by atoms with Crippen molar-refractivity contribution < 1.29 is 9.18 Å². The fourth-order valence-corrected chi connectivity index (χ4v) is 2.23. The minimum atomic E-state index is -0.465. The highest BCUT2D eigenvalue weighted by atomic mass is 19.1. The lowest BCUT2D eigenvalue weighted by Gasteiger charge is -2.01. The molecule has 0 saturated carbocycles. The quantitative estimate of drug-likeness (QED) is 0.709. The fraction of sp³-hybridized carbons (Fsp3) is 0.0625. The molecule has 1 N–H and O–H groups in total. The number of rotatable bonds is 3. The smallest absolute Gasteiger partial charge is 0.170 e. The molecular weight excluding hydrogens is 241 g/mol. The minimum Gasteiger partial charge on any atom is -0.361 e. The summed E-state index contributed by atoms with van der Waals surface area (Å²) >= 11 is 0. The minimum absolute atomic E-state index is 0.146. The molecular formula is C16H12FNO. The van der Waals surface area contributed by atoms with Gasteiger partial charge in [0.05, 0.1) is 5.56 Å². The maximum absolute atomic E-state index is 13.6. The van der Waals surface area contributed by atoms with E-state index in [1.165, 1.54) is 12.1 Å². The molecule has 0 bridgehead atoms. The Bertz CT molecular complexity index is 745. The standard InChI is InChI=1S/C16H12FNO/c17-14-7-3-1-6-13(14)16(19)9-11-10-18-15-8-4-2-5-12(11)15/h1-8,10,18H,9H2. The third-order valence-corrected chi connectivity index (χ3v) is 3.20. The van der Waals surface area contributed by atoms with Gasteiger partial charge in [0, 0.05) is 23.5 Å². The van der Waals surface area contributed by atoms with E-state index >= 15 is 0 Å². The maximum atomic E-state index is 13.6. The molecule has 19 heavy (non-hydrogen) atoms. The summed E-state index contributed by atoms with van der Waals surface area (Å²) in [5.74, 6) is -0.671. The number of nitrogens with one attached hydrogen (secondary N) is 1. The van der Waals surface area contributed by atoms with Crippen LogP contribution in [0.1, 0.15) is 15.9 Å². The second-order valence-corrected chi connectivity index (χ2v) is 4.44. The van der Waals surface area contributed by atoms with Crippen molar-refractivity contribution in [2.24, 2.45) is 0 Å². The summed E-state index contributed by atoms with van der Waals surface area (Å²) in [6.45, 7) is 0. The van der Waals surface area contributed by atoms with Gasteiger partial charge in [0.25, 0.3) is 0 Å². The summed E-state index contributed by atoms with van der Waals surface area (Å²) in [7, 11) is 0. The Hall–Kier alpha value is -2.42. The summed E-state index contributed by atoms with van der Waals surface area (Å²) in [6, 6.07) is 13.8. The van der Waals surface area contributed by atoms with Gasteiger partial charge in [0.15, 0.2) is 5.78 Å². The monoisotopic (exact) mass is 253 g/mol. The lowest BCUT2D eigenvalue weighted by Crippen LogP contribution is -2.05. The molecule has 0 radical (unpaired) electrons. The molecule has 2 nitrogen and oxygen atoms in total. The third kappa shape index (κ3) is 2.15. The number of carbonyl (C=O) groups is 1. The SMILES string of the molecule is O=C(Cc1c[nH]c2ccccc12)c1ccccc1F. The van der Waals surface area contributed by atoms with Gasteiger partial charge in [-0.25, -0.2) is 4.39 Å². The van der Waals surface area contributed by atoms with Crippen LogP contribution in [-0.2, 0) is 6.42 Å². The van der Waals surface area contributed by atoms with Gasteiger partial charge < -0.3 is 4.98 Å². The second-order valence-electron chi connectivity index (χ2n) is 4.44. The Kier molecular flexibility index (Phi) is 2.88. The zero-order valence-electron chi connectivity index (χ0n) is 10.2. The number of aromatic nitrogens is 1. The molecule has 3 rings (SSSR count).